The Morgan fingerprint density at radius 1 is 1.31 bits per heavy atom. The van der Waals surface area contributed by atoms with Gasteiger partial charge in [-0.25, -0.2) is 0 Å². The topological polar surface area (TPSA) is 15.8 Å². The molecular formula is C11H8BrN. The van der Waals surface area contributed by atoms with Crippen LogP contribution in [0, 0.1) is 11.8 Å². The third-order valence-corrected chi connectivity index (χ3v) is 2.13. The third-order valence-electron chi connectivity index (χ3n) is 1.85. The molecule has 1 aromatic heterocycles. The van der Waals surface area contributed by atoms with Crippen molar-refractivity contribution in [2.24, 2.45) is 0 Å². The van der Waals surface area contributed by atoms with Gasteiger partial charge in [0.2, 0.25) is 0 Å². The van der Waals surface area contributed by atoms with E-state index in [1.807, 2.05) is 12.3 Å². The van der Waals surface area contributed by atoms with Crippen molar-refractivity contribution < 1.29 is 0 Å². The van der Waals surface area contributed by atoms with Crippen LogP contribution in [-0.4, -0.2) is 10.3 Å². The van der Waals surface area contributed by atoms with Crippen LogP contribution >= 0.6 is 15.9 Å². The number of fused-ring (bicyclic) bond motifs is 1. The standard InChI is InChI=1S/C11H8BrN/c12-6-1-2-9-3-4-10-5-7-13-11(10)8-9/h3-5,7-8,13H,6H2. The number of alkyl halides is 1. The predicted octanol–water partition coefficient (Wildman–Crippen LogP) is 2.91. The Bertz CT molecular complexity index is 473. The van der Waals surface area contributed by atoms with Gasteiger partial charge in [-0.3, -0.25) is 0 Å². The Labute approximate surface area is 85.3 Å². The molecule has 64 valence electrons. The highest BCUT2D eigenvalue weighted by Gasteiger charge is 1.93. The fraction of sp³-hybridized carbons (Fsp3) is 0.0909. The summed E-state index contributed by atoms with van der Waals surface area (Å²) in [4.78, 5) is 3.16. The number of halogens is 1. The molecule has 2 heteroatoms. The van der Waals surface area contributed by atoms with Crippen LogP contribution < -0.4 is 0 Å². The summed E-state index contributed by atoms with van der Waals surface area (Å²) in [5, 5.41) is 1.94. The Morgan fingerprint density at radius 3 is 3.08 bits per heavy atom. The van der Waals surface area contributed by atoms with Crippen LogP contribution in [0.2, 0.25) is 0 Å². The molecule has 0 unspecified atom stereocenters. The van der Waals surface area contributed by atoms with Crippen molar-refractivity contribution in [1.29, 1.82) is 0 Å². The van der Waals surface area contributed by atoms with Crippen molar-refractivity contribution in [2.45, 2.75) is 0 Å². The van der Waals surface area contributed by atoms with Crippen LogP contribution in [0.4, 0.5) is 0 Å². The Hall–Kier alpha value is -1.20. The maximum atomic E-state index is 3.27. The average molecular weight is 234 g/mol. The van der Waals surface area contributed by atoms with Crippen LogP contribution in [0.15, 0.2) is 30.5 Å². The maximum Gasteiger partial charge on any atom is 0.0649 e. The van der Waals surface area contributed by atoms with Crippen molar-refractivity contribution in [2.75, 3.05) is 5.33 Å². The summed E-state index contributed by atoms with van der Waals surface area (Å²) < 4.78 is 0. The summed E-state index contributed by atoms with van der Waals surface area (Å²) in [6.07, 6.45) is 1.94. The van der Waals surface area contributed by atoms with Gasteiger partial charge < -0.3 is 4.98 Å². The quantitative estimate of drug-likeness (QED) is 0.532. The molecule has 1 N–H and O–H groups in total. The zero-order valence-electron chi connectivity index (χ0n) is 6.97. The van der Waals surface area contributed by atoms with Crippen molar-refractivity contribution in [1.82, 2.24) is 4.98 Å². The van der Waals surface area contributed by atoms with Gasteiger partial charge in [-0.15, -0.1) is 0 Å². The van der Waals surface area contributed by atoms with Crippen LogP contribution in [0.25, 0.3) is 10.9 Å². The summed E-state index contributed by atoms with van der Waals surface area (Å²) in [7, 11) is 0. The minimum atomic E-state index is 0.718. The monoisotopic (exact) mass is 233 g/mol. The molecule has 0 saturated heterocycles. The van der Waals surface area contributed by atoms with E-state index in [2.05, 4.69) is 51.0 Å². The minimum Gasteiger partial charge on any atom is -0.361 e. The first-order valence-corrected chi connectivity index (χ1v) is 5.14. The molecule has 2 aromatic rings. The zero-order valence-corrected chi connectivity index (χ0v) is 8.56. The first kappa shape index (κ1) is 8.40. The van der Waals surface area contributed by atoms with Gasteiger partial charge in [0.1, 0.15) is 0 Å². The second-order valence-electron chi connectivity index (χ2n) is 2.72. The molecule has 0 amide bonds. The molecule has 0 atom stereocenters. The number of aromatic amines is 1. The van der Waals surface area contributed by atoms with E-state index in [1.165, 1.54) is 5.39 Å². The lowest BCUT2D eigenvalue weighted by molar-refractivity contribution is 1.47. The molecule has 1 heterocycles. The number of rotatable bonds is 0. The molecule has 0 radical (unpaired) electrons. The van der Waals surface area contributed by atoms with Gasteiger partial charge in [0.25, 0.3) is 0 Å². The zero-order chi connectivity index (χ0) is 9.10. The SMILES string of the molecule is BrCC#Cc1ccc2cc[nH]c2c1. The maximum absolute atomic E-state index is 3.27. The molecule has 0 fully saturated rings. The molecule has 1 nitrogen and oxygen atoms in total. The lowest BCUT2D eigenvalue weighted by Gasteiger charge is -1.90. The molecule has 0 aliphatic rings. The number of benzene rings is 1. The van der Waals surface area contributed by atoms with Crippen molar-refractivity contribution >= 4 is 26.8 Å². The second kappa shape index (κ2) is 3.68. The summed E-state index contributed by atoms with van der Waals surface area (Å²) in [5.74, 6) is 6.03. The van der Waals surface area contributed by atoms with E-state index < -0.39 is 0 Å². The van der Waals surface area contributed by atoms with Gasteiger partial charge in [0, 0.05) is 17.3 Å². The van der Waals surface area contributed by atoms with Gasteiger partial charge in [0.05, 0.1) is 5.33 Å². The molecule has 13 heavy (non-hydrogen) atoms. The van der Waals surface area contributed by atoms with Crippen LogP contribution in [0.5, 0.6) is 0 Å². The molecule has 0 saturated carbocycles. The lowest BCUT2D eigenvalue weighted by Crippen LogP contribution is -1.74. The Balaban J connectivity index is 2.48. The lowest BCUT2D eigenvalue weighted by atomic mass is 10.2. The molecule has 0 aliphatic heterocycles. The molecule has 0 bridgehead atoms. The highest BCUT2D eigenvalue weighted by molar-refractivity contribution is 9.09. The Morgan fingerprint density at radius 2 is 2.23 bits per heavy atom. The molecule has 0 spiro atoms. The summed E-state index contributed by atoms with van der Waals surface area (Å²) in [6.45, 7) is 0. The first-order valence-electron chi connectivity index (χ1n) is 4.02. The fourth-order valence-corrected chi connectivity index (χ4v) is 1.40. The van der Waals surface area contributed by atoms with Crippen molar-refractivity contribution in [3.05, 3.63) is 36.0 Å². The molecule has 1 aromatic carbocycles. The van der Waals surface area contributed by atoms with E-state index in [0.29, 0.717) is 0 Å². The number of aromatic nitrogens is 1. The van der Waals surface area contributed by atoms with Gasteiger partial charge in [-0.2, -0.15) is 0 Å². The predicted molar refractivity (Wildman–Crippen MR) is 59.0 cm³/mol. The second-order valence-corrected chi connectivity index (χ2v) is 3.28. The highest BCUT2D eigenvalue weighted by Crippen LogP contribution is 2.13. The van der Waals surface area contributed by atoms with Crippen LogP contribution in [0.1, 0.15) is 5.56 Å². The van der Waals surface area contributed by atoms with E-state index in [9.17, 15) is 0 Å². The normalized spacial score (nSPS) is 9.62. The number of hydrogen-bond acceptors (Lipinski definition) is 0. The van der Waals surface area contributed by atoms with Gasteiger partial charge in [-0.05, 0) is 23.6 Å². The smallest absolute Gasteiger partial charge is 0.0649 e. The highest BCUT2D eigenvalue weighted by atomic mass is 79.9. The van der Waals surface area contributed by atoms with E-state index in [0.717, 1.165) is 16.4 Å². The van der Waals surface area contributed by atoms with Crippen molar-refractivity contribution in [3.63, 3.8) is 0 Å². The molecule has 2 rings (SSSR count). The minimum absolute atomic E-state index is 0.718. The van der Waals surface area contributed by atoms with Gasteiger partial charge >= 0.3 is 0 Å². The van der Waals surface area contributed by atoms with Crippen molar-refractivity contribution in [3.8, 4) is 11.8 Å². The van der Waals surface area contributed by atoms with Gasteiger partial charge in [0.15, 0.2) is 0 Å². The van der Waals surface area contributed by atoms with E-state index in [-0.39, 0.29) is 0 Å². The summed E-state index contributed by atoms with van der Waals surface area (Å²) >= 11 is 3.27. The fourth-order valence-electron chi connectivity index (χ4n) is 1.26. The average Bonchev–Trinajstić information content (AvgIpc) is 2.61. The number of hydrogen-bond donors (Lipinski definition) is 1. The third kappa shape index (κ3) is 1.76. The largest absolute Gasteiger partial charge is 0.361 e. The molecular weight excluding hydrogens is 226 g/mol. The van der Waals surface area contributed by atoms with Gasteiger partial charge in [-0.1, -0.05) is 33.8 Å². The van der Waals surface area contributed by atoms with Crippen LogP contribution in [0.3, 0.4) is 0 Å². The first-order chi connectivity index (χ1) is 6.40. The van der Waals surface area contributed by atoms with E-state index >= 15 is 0 Å². The summed E-state index contributed by atoms with van der Waals surface area (Å²) in [5.41, 5.74) is 2.19. The van der Waals surface area contributed by atoms with Crippen LogP contribution in [-0.2, 0) is 0 Å². The van der Waals surface area contributed by atoms with E-state index in [4.69, 9.17) is 0 Å². The summed E-state index contributed by atoms with van der Waals surface area (Å²) in [6, 6.07) is 8.22. The number of nitrogens with one attached hydrogen (secondary N) is 1. The number of H-pyrrole nitrogens is 1. The molecule has 0 aliphatic carbocycles. The Kier molecular flexibility index (Phi) is 2.37. The van der Waals surface area contributed by atoms with E-state index in [1.54, 1.807) is 0 Å².